The molecule has 0 saturated heterocycles. The Morgan fingerprint density at radius 2 is 1.97 bits per heavy atom. The number of methoxy groups -OCH3 is 1. The van der Waals surface area contributed by atoms with Crippen LogP contribution < -0.4 is 20.1 Å². The summed E-state index contributed by atoms with van der Waals surface area (Å²) < 4.78 is 18.7. The van der Waals surface area contributed by atoms with Crippen LogP contribution in [-0.2, 0) is 18.3 Å². The Bertz CT molecular complexity index is 793. The number of rotatable bonds is 12. The van der Waals surface area contributed by atoms with E-state index in [4.69, 9.17) is 14.2 Å². The molecule has 0 fully saturated rings. The normalized spacial score (nSPS) is 12.5. The fourth-order valence-corrected chi connectivity index (χ4v) is 2.65. The van der Waals surface area contributed by atoms with Crippen LogP contribution in [0.15, 0.2) is 29.3 Å². The molecule has 0 aliphatic carbocycles. The van der Waals surface area contributed by atoms with Gasteiger partial charge in [-0.1, -0.05) is 12.1 Å². The molecule has 166 valence electrons. The number of hydrogen-bond donors (Lipinski definition) is 2. The number of aromatic nitrogens is 3. The van der Waals surface area contributed by atoms with Crippen LogP contribution in [-0.4, -0.2) is 60.2 Å². The number of hydrogen-bond acceptors (Lipinski definition) is 6. The number of benzene rings is 1. The third-order valence-corrected chi connectivity index (χ3v) is 4.48. The molecule has 30 heavy (non-hydrogen) atoms. The van der Waals surface area contributed by atoms with Gasteiger partial charge in [0.15, 0.2) is 23.3 Å². The molecule has 0 radical (unpaired) electrons. The Labute approximate surface area is 178 Å². The summed E-state index contributed by atoms with van der Waals surface area (Å²) in [7, 11) is 3.57. The second-order valence-corrected chi connectivity index (χ2v) is 6.82. The molecule has 2 rings (SSSR count). The Hall–Kier alpha value is -2.81. The van der Waals surface area contributed by atoms with E-state index < -0.39 is 0 Å². The first-order chi connectivity index (χ1) is 14.5. The van der Waals surface area contributed by atoms with E-state index in [1.54, 1.807) is 7.11 Å². The molecular weight excluding hydrogens is 384 g/mol. The number of aliphatic imine (C=N–C) groups is 1. The van der Waals surface area contributed by atoms with E-state index in [-0.39, 0.29) is 6.10 Å². The van der Waals surface area contributed by atoms with E-state index in [0.29, 0.717) is 37.2 Å². The highest BCUT2D eigenvalue weighted by Gasteiger charge is 2.10. The zero-order chi connectivity index (χ0) is 21.8. The van der Waals surface area contributed by atoms with E-state index in [1.807, 2.05) is 56.7 Å². The van der Waals surface area contributed by atoms with Gasteiger partial charge in [-0.05, 0) is 39.3 Å². The van der Waals surface area contributed by atoms with Crippen LogP contribution >= 0.6 is 0 Å². The molecule has 1 heterocycles. The molecule has 0 saturated carbocycles. The van der Waals surface area contributed by atoms with Gasteiger partial charge < -0.3 is 29.4 Å². The number of aryl methyl sites for hydroxylation is 1. The van der Waals surface area contributed by atoms with E-state index in [0.717, 1.165) is 31.2 Å². The van der Waals surface area contributed by atoms with Crippen molar-refractivity contribution in [2.45, 2.75) is 39.8 Å². The minimum Gasteiger partial charge on any atom is -0.493 e. The zero-order valence-corrected chi connectivity index (χ0v) is 18.6. The lowest BCUT2D eigenvalue weighted by Crippen LogP contribution is -2.42. The predicted molar refractivity (Wildman–Crippen MR) is 117 cm³/mol. The summed E-state index contributed by atoms with van der Waals surface area (Å²) in [5.41, 5.74) is 0. The van der Waals surface area contributed by atoms with Gasteiger partial charge >= 0.3 is 0 Å². The number of nitrogens with zero attached hydrogens (tertiary/aromatic N) is 4. The first kappa shape index (κ1) is 23.5. The molecule has 0 aliphatic rings. The van der Waals surface area contributed by atoms with Gasteiger partial charge in [0.1, 0.15) is 18.5 Å². The summed E-state index contributed by atoms with van der Waals surface area (Å²) >= 11 is 0. The molecule has 0 spiro atoms. The Kier molecular flexibility index (Phi) is 9.93. The van der Waals surface area contributed by atoms with Crippen molar-refractivity contribution in [1.29, 1.82) is 0 Å². The number of nitrogens with one attached hydrogen (secondary N) is 2. The molecule has 2 N–H and O–H groups in total. The summed E-state index contributed by atoms with van der Waals surface area (Å²) in [6.45, 7) is 9.11. The van der Waals surface area contributed by atoms with E-state index in [9.17, 15) is 0 Å². The highest BCUT2D eigenvalue weighted by atomic mass is 16.5. The number of para-hydroxylation sites is 2. The van der Waals surface area contributed by atoms with Crippen LogP contribution in [0.3, 0.4) is 0 Å². The van der Waals surface area contributed by atoms with E-state index in [1.165, 1.54) is 0 Å². The maximum absolute atomic E-state index is 6.01. The number of ether oxygens (including phenoxy) is 3. The topological polar surface area (TPSA) is 94.8 Å². The van der Waals surface area contributed by atoms with Crippen molar-refractivity contribution in [1.82, 2.24) is 25.4 Å². The van der Waals surface area contributed by atoms with Crippen LogP contribution in [0.4, 0.5) is 0 Å². The van der Waals surface area contributed by atoms with Gasteiger partial charge in [-0.25, -0.2) is 4.99 Å². The monoisotopic (exact) mass is 418 g/mol. The second-order valence-electron chi connectivity index (χ2n) is 6.82. The van der Waals surface area contributed by atoms with Crippen molar-refractivity contribution in [2.24, 2.45) is 12.0 Å². The summed E-state index contributed by atoms with van der Waals surface area (Å²) in [6, 6.07) is 7.62. The standard InChI is InChI=1S/C21H34N6O3/c1-6-29-13-9-12-22-21(24-15-20-26-25-17(3)27(20)4)23-14-16(2)30-19-11-8-7-10-18(19)28-5/h7-8,10-11,16H,6,9,12-15H2,1-5H3,(H2,22,23,24). The fraction of sp³-hybridized carbons (Fsp3) is 0.571. The predicted octanol–water partition coefficient (Wildman–Crippen LogP) is 2.06. The molecule has 0 bridgehead atoms. The highest BCUT2D eigenvalue weighted by Crippen LogP contribution is 2.26. The van der Waals surface area contributed by atoms with Crippen LogP contribution in [0.1, 0.15) is 31.9 Å². The largest absolute Gasteiger partial charge is 0.493 e. The first-order valence-electron chi connectivity index (χ1n) is 10.3. The van der Waals surface area contributed by atoms with Gasteiger partial charge in [0.05, 0.1) is 13.7 Å². The van der Waals surface area contributed by atoms with E-state index >= 15 is 0 Å². The van der Waals surface area contributed by atoms with Crippen LogP contribution in [0.2, 0.25) is 0 Å². The second kappa shape index (κ2) is 12.7. The average Bonchev–Trinajstić information content (AvgIpc) is 3.07. The third-order valence-electron chi connectivity index (χ3n) is 4.48. The quantitative estimate of drug-likeness (QED) is 0.309. The lowest BCUT2D eigenvalue weighted by Gasteiger charge is -2.19. The van der Waals surface area contributed by atoms with Crippen molar-refractivity contribution in [2.75, 3.05) is 33.4 Å². The van der Waals surface area contributed by atoms with Crippen molar-refractivity contribution in [3.8, 4) is 11.5 Å². The molecule has 0 aliphatic heterocycles. The molecule has 9 heteroatoms. The molecular formula is C21H34N6O3. The Balaban J connectivity index is 1.93. The number of guanidine groups is 1. The average molecular weight is 419 g/mol. The minimum absolute atomic E-state index is 0.0891. The maximum Gasteiger partial charge on any atom is 0.191 e. The van der Waals surface area contributed by atoms with Gasteiger partial charge in [0.2, 0.25) is 0 Å². The van der Waals surface area contributed by atoms with Gasteiger partial charge in [0.25, 0.3) is 0 Å². The van der Waals surface area contributed by atoms with Crippen molar-refractivity contribution in [3.63, 3.8) is 0 Å². The maximum atomic E-state index is 6.01. The fourth-order valence-electron chi connectivity index (χ4n) is 2.65. The SMILES string of the molecule is CCOCCCNC(=NCc1nnc(C)n1C)NCC(C)Oc1ccccc1OC. The summed E-state index contributed by atoms with van der Waals surface area (Å²) in [5, 5.41) is 14.9. The van der Waals surface area contributed by atoms with Crippen molar-refractivity contribution >= 4 is 5.96 Å². The zero-order valence-electron chi connectivity index (χ0n) is 18.6. The highest BCUT2D eigenvalue weighted by molar-refractivity contribution is 5.79. The molecule has 0 amide bonds. The summed E-state index contributed by atoms with van der Waals surface area (Å²) in [5.74, 6) is 3.79. The van der Waals surface area contributed by atoms with Crippen molar-refractivity contribution in [3.05, 3.63) is 35.9 Å². The van der Waals surface area contributed by atoms with E-state index in [2.05, 4.69) is 25.8 Å². The molecule has 2 aromatic rings. The Morgan fingerprint density at radius 3 is 2.63 bits per heavy atom. The molecule has 1 unspecified atom stereocenters. The molecule has 1 atom stereocenters. The smallest absolute Gasteiger partial charge is 0.191 e. The molecule has 1 aromatic carbocycles. The van der Waals surface area contributed by atoms with Crippen LogP contribution in [0, 0.1) is 6.92 Å². The van der Waals surface area contributed by atoms with Crippen LogP contribution in [0.25, 0.3) is 0 Å². The van der Waals surface area contributed by atoms with Gasteiger partial charge in [0, 0.05) is 26.8 Å². The summed E-state index contributed by atoms with van der Waals surface area (Å²) in [4.78, 5) is 4.65. The van der Waals surface area contributed by atoms with Crippen molar-refractivity contribution < 1.29 is 14.2 Å². The lowest BCUT2D eigenvalue weighted by atomic mass is 10.3. The lowest BCUT2D eigenvalue weighted by molar-refractivity contribution is 0.145. The molecule has 9 nitrogen and oxygen atoms in total. The summed E-state index contributed by atoms with van der Waals surface area (Å²) in [6.07, 6.45) is 0.805. The van der Waals surface area contributed by atoms with Gasteiger partial charge in [-0.2, -0.15) is 0 Å². The minimum atomic E-state index is -0.0891. The first-order valence-corrected chi connectivity index (χ1v) is 10.3. The molecule has 1 aromatic heterocycles. The van der Waals surface area contributed by atoms with Gasteiger partial charge in [-0.3, -0.25) is 0 Å². The van der Waals surface area contributed by atoms with Crippen LogP contribution in [0.5, 0.6) is 11.5 Å². The van der Waals surface area contributed by atoms with Gasteiger partial charge in [-0.15, -0.1) is 10.2 Å². The Morgan fingerprint density at radius 1 is 1.20 bits per heavy atom. The third kappa shape index (κ3) is 7.55.